The predicted molar refractivity (Wildman–Crippen MR) is 97.9 cm³/mol. The Bertz CT molecular complexity index is 855. The Kier molecular flexibility index (Phi) is 6.26. The molecular formula is C19H25NO6. The van der Waals surface area contributed by atoms with Gasteiger partial charge in [0.1, 0.15) is 0 Å². The highest BCUT2D eigenvalue weighted by atomic mass is 16.5. The molecule has 7 nitrogen and oxygen atoms in total. The minimum atomic E-state index is -0.596. The standard InChI is InChI=1S/C19H25NO6/c1-10(2)14(9-21)20-16(22)8-13-11(3)12-6-7-15(24-4)18(25-5)17(12)26-19(13)23/h6-7,10,14,21H,8-9H2,1-5H3,(H,20,22)/t14-/m1/s1. The summed E-state index contributed by atoms with van der Waals surface area (Å²) in [7, 11) is 2.97. The molecule has 0 unspecified atom stereocenters. The van der Waals surface area contributed by atoms with E-state index in [0.29, 0.717) is 22.4 Å². The second-order valence-electron chi connectivity index (χ2n) is 6.45. The van der Waals surface area contributed by atoms with Gasteiger partial charge in [0.2, 0.25) is 11.7 Å². The molecule has 0 saturated heterocycles. The second-order valence-corrected chi connectivity index (χ2v) is 6.45. The molecule has 2 aromatic rings. The van der Waals surface area contributed by atoms with Gasteiger partial charge in [-0.1, -0.05) is 13.8 Å². The van der Waals surface area contributed by atoms with Crippen molar-refractivity contribution in [2.24, 2.45) is 5.92 Å². The Morgan fingerprint density at radius 3 is 2.50 bits per heavy atom. The normalized spacial score (nSPS) is 12.3. The maximum atomic E-state index is 12.5. The first-order valence-electron chi connectivity index (χ1n) is 8.41. The first-order chi connectivity index (χ1) is 12.3. The number of aliphatic hydroxyl groups is 1. The zero-order valence-electron chi connectivity index (χ0n) is 15.7. The molecule has 0 bridgehead atoms. The topological polar surface area (TPSA) is 98.0 Å². The summed E-state index contributed by atoms with van der Waals surface area (Å²) in [6.07, 6.45) is -0.123. The van der Waals surface area contributed by atoms with Crippen LogP contribution in [0.25, 0.3) is 11.0 Å². The fraction of sp³-hybridized carbons (Fsp3) is 0.474. The number of aryl methyl sites for hydroxylation is 1. The van der Waals surface area contributed by atoms with Crippen molar-refractivity contribution < 1.29 is 23.8 Å². The number of fused-ring (bicyclic) bond motifs is 1. The van der Waals surface area contributed by atoms with E-state index in [1.165, 1.54) is 14.2 Å². The van der Waals surface area contributed by atoms with Crippen LogP contribution in [0.4, 0.5) is 0 Å². The molecule has 0 saturated carbocycles. The SMILES string of the molecule is COc1ccc2c(C)c(CC(=O)N[C@H](CO)C(C)C)c(=O)oc2c1OC. The molecule has 2 N–H and O–H groups in total. The van der Waals surface area contributed by atoms with E-state index in [9.17, 15) is 14.7 Å². The number of ether oxygens (including phenoxy) is 2. The summed E-state index contributed by atoms with van der Waals surface area (Å²) in [6, 6.07) is 3.12. The molecule has 0 aliphatic rings. The van der Waals surface area contributed by atoms with Crippen molar-refractivity contribution in [1.29, 1.82) is 0 Å². The average molecular weight is 363 g/mol. The highest BCUT2D eigenvalue weighted by molar-refractivity contribution is 5.89. The van der Waals surface area contributed by atoms with Crippen LogP contribution in [-0.2, 0) is 11.2 Å². The van der Waals surface area contributed by atoms with E-state index < -0.39 is 5.63 Å². The largest absolute Gasteiger partial charge is 0.493 e. The molecule has 142 valence electrons. The van der Waals surface area contributed by atoms with E-state index in [4.69, 9.17) is 13.9 Å². The number of carbonyl (C=O) groups excluding carboxylic acids is 1. The summed E-state index contributed by atoms with van der Waals surface area (Å²) in [5, 5.41) is 12.8. The summed E-state index contributed by atoms with van der Waals surface area (Å²) in [5.74, 6) is 0.528. The van der Waals surface area contributed by atoms with Gasteiger partial charge < -0.3 is 24.3 Å². The molecule has 0 fully saturated rings. The summed E-state index contributed by atoms with van der Waals surface area (Å²) in [4.78, 5) is 24.8. The van der Waals surface area contributed by atoms with E-state index in [2.05, 4.69) is 5.32 Å². The minimum Gasteiger partial charge on any atom is -0.493 e. The number of aliphatic hydroxyl groups excluding tert-OH is 1. The summed E-state index contributed by atoms with van der Waals surface area (Å²) >= 11 is 0. The fourth-order valence-corrected chi connectivity index (χ4v) is 2.81. The predicted octanol–water partition coefficient (Wildman–Crippen LogP) is 1.79. The lowest BCUT2D eigenvalue weighted by molar-refractivity contribution is -0.121. The average Bonchev–Trinajstić information content (AvgIpc) is 2.61. The monoisotopic (exact) mass is 363 g/mol. The van der Waals surface area contributed by atoms with Crippen LogP contribution in [-0.4, -0.2) is 37.9 Å². The van der Waals surface area contributed by atoms with Crippen molar-refractivity contribution >= 4 is 16.9 Å². The highest BCUT2D eigenvalue weighted by Crippen LogP contribution is 2.36. The molecule has 1 heterocycles. The lowest BCUT2D eigenvalue weighted by atomic mass is 10.0. The van der Waals surface area contributed by atoms with Gasteiger partial charge in [-0.2, -0.15) is 0 Å². The minimum absolute atomic E-state index is 0.0785. The molecule has 1 aromatic heterocycles. The van der Waals surface area contributed by atoms with E-state index >= 15 is 0 Å². The van der Waals surface area contributed by atoms with Gasteiger partial charge in [0.15, 0.2) is 11.3 Å². The number of carbonyl (C=O) groups is 1. The molecular weight excluding hydrogens is 338 g/mol. The number of methoxy groups -OCH3 is 2. The molecule has 26 heavy (non-hydrogen) atoms. The third-order valence-electron chi connectivity index (χ3n) is 4.48. The maximum Gasteiger partial charge on any atom is 0.340 e. The van der Waals surface area contributed by atoms with Gasteiger partial charge in [-0.25, -0.2) is 4.79 Å². The van der Waals surface area contributed by atoms with Crippen molar-refractivity contribution in [3.05, 3.63) is 33.7 Å². The lowest BCUT2D eigenvalue weighted by Gasteiger charge is -2.20. The Morgan fingerprint density at radius 2 is 1.96 bits per heavy atom. The zero-order valence-corrected chi connectivity index (χ0v) is 15.7. The van der Waals surface area contributed by atoms with Crippen molar-refractivity contribution in [3.63, 3.8) is 0 Å². The van der Waals surface area contributed by atoms with Gasteiger partial charge in [-0.15, -0.1) is 0 Å². The number of hydrogen-bond acceptors (Lipinski definition) is 6. The number of amides is 1. The van der Waals surface area contributed by atoms with Crippen LogP contribution in [0.2, 0.25) is 0 Å². The molecule has 1 amide bonds. The number of rotatable bonds is 7. The smallest absolute Gasteiger partial charge is 0.340 e. The van der Waals surface area contributed by atoms with Gasteiger partial charge in [-0.3, -0.25) is 4.79 Å². The van der Waals surface area contributed by atoms with Crippen LogP contribution < -0.4 is 20.4 Å². The number of nitrogens with one attached hydrogen (secondary N) is 1. The van der Waals surface area contributed by atoms with Crippen molar-refractivity contribution in [2.45, 2.75) is 33.2 Å². The molecule has 1 atom stereocenters. The van der Waals surface area contributed by atoms with Gasteiger partial charge in [0.05, 0.1) is 38.9 Å². The third kappa shape index (κ3) is 3.83. The molecule has 0 spiro atoms. The van der Waals surface area contributed by atoms with Gasteiger partial charge in [-0.05, 0) is 30.5 Å². The van der Waals surface area contributed by atoms with Crippen LogP contribution >= 0.6 is 0 Å². The van der Waals surface area contributed by atoms with E-state index in [0.717, 1.165) is 0 Å². The maximum absolute atomic E-state index is 12.5. The van der Waals surface area contributed by atoms with Crippen LogP contribution in [0.15, 0.2) is 21.3 Å². The highest BCUT2D eigenvalue weighted by Gasteiger charge is 2.21. The number of benzene rings is 1. The van der Waals surface area contributed by atoms with Gasteiger partial charge in [0.25, 0.3) is 0 Å². The third-order valence-corrected chi connectivity index (χ3v) is 4.48. The van der Waals surface area contributed by atoms with E-state index in [1.807, 2.05) is 13.8 Å². The summed E-state index contributed by atoms with van der Waals surface area (Å²) < 4.78 is 16.0. The Morgan fingerprint density at radius 1 is 1.27 bits per heavy atom. The number of hydrogen-bond donors (Lipinski definition) is 2. The van der Waals surface area contributed by atoms with E-state index in [1.54, 1.807) is 19.1 Å². The molecule has 0 radical (unpaired) electrons. The van der Waals surface area contributed by atoms with E-state index in [-0.39, 0.29) is 42.0 Å². The summed E-state index contributed by atoms with van der Waals surface area (Å²) in [6.45, 7) is 5.40. The van der Waals surface area contributed by atoms with Crippen LogP contribution in [0.3, 0.4) is 0 Å². The molecule has 0 aliphatic carbocycles. The molecule has 0 aliphatic heterocycles. The first-order valence-corrected chi connectivity index (χ1v) is 8.41. The Hall–Kier alpha value is -2.54. The quantitative estimate of drug-likeness (QED) is 0.728. The molecule has 1 aromatic carbocycles. The molecule has 2 rings (SSSR count). The van der Waals surface area contributed by atoms with Crippen molar-refractivity contribution in [2.75, 3.05) is 20.8 Å². The van der Waals surface area contributed by atoms with Crippen LogP contribution in [0.5, 0.6) is 11.5 Å². The Balaban J connectivity index is 2.44. The fourth-order valence-electron chi connectivity index (χ4n) is 2.81. The van der Waals surface area contributed by atoms with Gasteiger partial charge in [0, 0.05) is 5.39 Å². The first kappa shape index (κ1) is 19.8. The zero-order chi connectivity index (χ0) is 19.4. The molecule has 7 heteroatoms. The van der Waals surface area contributed by atoms with Crippen molar-refractivity contribution in [1.82, 2.24) is 5.32 Å². The lowest BCUT2D eigenvalue weighted by Crippen LogP contribution is -2.42. The van der Waals surface area contributed by atoms with Gasteiger partial charge >= 0.3 is 5.63 Å². The van der Waals surface area contributed by atoms with Crippen molar-refractivity contribution in [3.8, 4) is 11.5 Å². The summed E-state index contributed by atoms with van der Waals surface area (Å²) in [5.41, 5.74) is 0.621. The Labute approximate surface area is 151 Å². The second kappa shape index (κ2) is 8.23. The van der Waals surface area contributed by atoms with Crippen LogP contribution in [0.1, 0.15) is 25.0 Å². The van der Waals surface area contributed by atoms with Crippen LogP contribution in [0, 0.1) is 12.8 Å².